The van der Waals surface area contributed by atoms with Gasteiger partial charge in [-0.3, -0.25) is 14.9 Å². The van der Waals surface area contributed by atoms with Gasteiger partial charge in [-0.15, -0.1) is 0 Å². The minimum Gasteiger partial charge on any atom is -0.481 e. The van der Waals surface area contributed by atoms with Crippen LogP contribution in [0.5, 0.6) is 0 Å². The van der Waals surface area contributed by atoms with Crippen molar-refractivity contribution in [3.05, 3.63) is 0 Å². The molecule has 0 bridgehead atoms. The van der Waals surface area contributed by atoms with E-state index < -0.39 is 30.3 Å². The van der Waals surface area contributed by atoms with Crippen LogP contribution in [0.1, 0.15) is 13.3 Å². The molecule has 0 radical (unpaired) electrons. The van der Waals surface area contributed by atoms with Gasteiger partial charge >= 0.3 is 11.9 Å². The van der Waals surface area contributed by atoms with Crippen molar-refractivity contribution in [3.63, 3.8) is 0 Å². The van der Waals surface area contributed by atoms with Gasteiger partial charge in [0.25, 0.3) is 0 Å². The summed E-state index contributed by atoms with van der Waals surface area (Å²) in [6.45, 7) is 0.894. The lowest BCUT2D eigenvalue weighted by Gasteiger charge is -2.21. The van der Waals surface area contributed by atoms with Crippen LogP contribution in [0.15, 0.2) is 0 Å². The molecule has 0 heterocycles. The SMILES string of the molecule is CC(O)(O)NC(CC(=O)O)C(=O)O. The summed E-state index contributed by atoms with van der Waals surface area (Å²) in [5.41, 5.74) is 0. The van der Waals surface area contributed by atoms with E-state index in [2.05, 4.69) is 0 Å². The molecule has 0 saturated carbocycles. The Labute approximate surface area is 73.6 Å². The maximum Gasteiger partial charge on any atom is 0.321 e. The number of hydrogen-bond acceptors (Lipinski definition) is 5. The Morgan fingerprint density at radius 2 is 1.85 bits per heavy atom. The number of hydrogen-bond donors (Lipinski definition) is 5. The molecule has 0 aliphatic heterocycles. The topological polar surface area (TPSA) is 127 Å². The highest BCUT2D eigenvalue weighted by Gasteiger charge is 2.27. The van der Waals surface area contributed by atoms with Gasteiger partial charge in [0.2, 0.25) is 5.91 Å². The highest BCUT2D eigenvalue weighted by molar-refractivity contribution is 5.80. The van der Waals surface area contributed by atoms with E-state index in [9.17, 15) is 9.59 Å². The second-order valence-electron chi connectivity index (χ2n) is 2.65. The Hall–Kier alpha value is -1.18. The first kappa shape index (κ1) is 11.8. The fourth-order valence-corrected chi connectivity index (χ4v) is 0.705. The van der Waals surface area contributed by atoms with Crippen LogP contribution in [-0.4, -0.2) is 44.3 Å². The van der Waals surface area contributed by atoms with Gasteiger partial charge < -0.3 is 20.4 Å². The number of rotatable bonds is 5. The smallest absolute Gasteiger partial charge is 0.321 e. The zero-order valence-electron chi connectivity index (χ0n) is 6.89. The van der Waals surface area contributed by atoms with E-state index in [0.717, 1.165) is 6.92 Å². The van der Waals surface area contributed by atoms with Gasteiger partial charge in [-0.05, 0) is 0 Å². The molecular formula is C6H11NO6. The van der Waals surface area contributed by atoms with Crippen LogP contribution in [0.4, 0.5) is 0 Å². The Kier molecular flexibility index (Phi) is 3.79. The summed E-state index contributed by atoms with van der Waals surface area (Å²) in [5, 5.41) is 36.0. The monoisotopic (exact) mass is 193 g/mol. The zero-order valence-corrected chi connectivity index (χ0v) is 6.89. The first-order valence-corrected chi connectivity index (χ1v) is 3.39. The predicted molar refractivity (Wildman–Crippen MR) is 39.7 cm³/mol. The molecule has 0 spiro atoms. The zero-order chi connectivity index (χ0) is 10.6. The van der Waals surface area contributed by atoms with E-state index in [1.807, 2.05) is 5.32 Å². The molecule has 0 aromatic carbocycles. The van der Waals surface area contributed by atoms with Gasteiger partial charge in [0, 0.05) is 6.92 Å². The summed E-state index contributed by atoms with van der Waals surface area (Å²) < 4.78 is 0. The summed E-state index contributed by atoms with van der Waals surface area (Å²) >= 11 is 0. The molecule has 1 atom stereocenters. The number of aliphatic hydroxyl groups is 2. The Morgan fingerprint density at radius 3 is 2.08 bits per heavy atom. The van der Waals surface area contributed by atoms with Crippen molar-refractivity contribution in [2.24, 2.45) is 0 Å². The van der Waals surface area contributed by atoms with E-state index in [0.29, 0.717) is 0 Å². The van der Waals surface area contributed by atoms with Crippen LogP contribution in [0.2, 0.25) is 0 Å². The van der Waals surface area contributed by atoms with Crippen molar-refractivity contribution in [3.8, 4) is 0 Å². The maximum absolute atomic E-state index is 10.4. The summed E-state index contributed by atoms with van der Waals surface area (Å²) in [6, 6.07) is -1.53. The fourth-order valence-electron chi connectivity index (χ4n) is 0.705. The van der Waals surface area contributed by atoms with Crippen molar-refractivity contribution >= 4 is 11.9 Å². The van der Waals surface area contributed by atoms with Gasteiger partial charge in [-0.1, -0.05) is 0 Å². The third-order valence-electron chi connectivity index (χ3n) is 1.12. The highest BCUT2D eigenvalue weighted by Crippen LogP contribution is 1.99. The first-order chi connectivity index (χ1) is 5.72. The van der Waals surface area contributed by atoms with E-state index in [-0.39, 0.29) is 0 Å². The standard InChI is InChI=1S/C6H11NO6/c1-6(12,13)7-3(5(10)11)2-4(8)9/h3,7,12-13H,2H2,1H3,(H,8,9)(H,10,11). The van der Waals surface area contributed by atoms with Gasteiger partial charge in [0.05, 0.1) is 6.42 Å². The molecule has 0 aliphatic rings. The minimum atomic E-state index is -2.40. The lowest BCUT2D eigenvalue weighted by Crippen LogP contribution is -2.52. The lowest BCUT2D eigenvalue weighted by molar-refractivity contribution is -0.184. The summed E-state index contributed by atoms with van der Waals surface area (Å²) in [7, 11) is 0. The van der Waals surface area contributed by atoms with Gasteiger partial charge in [0.1, 0.15) is 6.04 Å². The lowest BCUT2D eigenvalue weighted by atomic mass is 10.2. The minimum absolute atomic E-state index is 0.730. The van der Waals surface area contributed by atoms with E-state index in [1.54, 1.807) is 0 Å². The predicted octanol–water partition coefficient (Wildman–Crippen LogP) is -1.84. The summed E-state index contributed by atoms with van der Waals surface area (Å²) in [5.74, 6) is -5.21. The van der Waals surface area contributed by atoms with Crippen molar-refractivity contribution < 1.29 is 30.0 Å². The van der Waals surface area contributed by atoms with Gasteiger partial charge in [0.15, 0.2) is 0 Å². The Bertz CT molecular complexity index is 208. The normalized spacial score (nSPS) is 13.8. The molecule has 0 fully saturated rings. The van der Waals surface area contributed by atoms with Gasteiger partial charge in [-0.25, -0.2) is 0 Å². The fraction of sp³-hybridized carbons (Fsp3) is 0.667. The van der Waals surface area contributed by atoms with Crippen LogP contribution < -0.4 is 5.32 Å². The second kappa shape index (κ2) is 4.17. The molecule has 0 rings (SSSR count). The van der Waals surface area contributed by atoms with Crippen molar-refractivity contribution in [1.82, 2.24) is 5.32 Å². The molecule has 0 saturated heterocycles. The average Bonchev–Trinajstić information content (AvgIpc) is 1.81. The summed E-state index contributed by atoms with van der Waals surface area (Å²) in [6.07, 6.45) is -0.730. The van der Waals surface area contributed by atoms with E-state index in [4.69, 9.17) is 20.4 Å². The molecule has 0 aliphatic carbocycles. The van der Waals surface area contributed by atoms with E-state index >= 15 is 0 Å². The molecule has 1 unspecified atom stereocenters. The average molecular weight is 193 g/mol. The van der Waals surface area contributed by atoms with Crippen LogP contribution in [0.25, 0.3) is 0 Å². The number of nitrogens with one attached hydrogen (secondary N) is 1. The molecule has 0 amide bonds. The molecule has 76 valence electrons. The number of carboxylic acid groups (broad SMARTS) is 2. The van der Waals surface area contributed by atoms with Crippen LogP contribution in [-0.2, 0) is 9.59 Å². The van der Waals surface area contributed by atoms with Crippen LogP contribution in [0.3, 0.4) is 0 Å². The van der Waals surface area contributed by atoms with Crippen molar-refractivity contribution in [2.45, 2.75) is 25.3 Å². The number of aliphatic carboxylic acids is 2. The maximum atomic E-state index is 10.4. The van der Waals surface area contributed by atoms with Crippen LogP contribution in [0, 0.1) is 0 Å². The van der Waals surface area contributed by atoms with Crippen molar-refractivity contribution in [1.29, 1.82) is 0 Å². The first-order valence-electron chi connectivity index (χ1n) is 3.39. The summed E-state index contributed by atoms with van der Waals surface area (Å²) in [4.78, 5) is 20.5. The quantitative estimate of drug-likeness (QED) is 0.325. The Morgan fingerprint density at radius 1 is 1.38 bits per heavy atom. The molecule has 0 aromatic heterocycles. The largest absolute Gasteiger partial charge is 0.481 e. The second-order valence-corrected chi connectivity index (χ2v) is 2.65. The molecular weight excluding hydrogens is 182 g/mol. The Balaban J connectivity index is 4.27. The molecule has 7 heteroatoms. The van der Waals surface area contributed by atoms with E-state index in [1.165, 1.54) is 0 Å². The number of carboxylic acids is 2. The third kappa shape index (κ3) is 6.02. The highest BCUT2D eigenvalue weighted by atomic mass is 16.5. The molecule has 7 nitrogen and oxygen atoms in total. The van der Waals surface area contributed by atoms with Crippen LogP contribution >= 0.6 is 0 Å². The third-order valence-corrected chi connectivity index (χ3v) is 1.12. The molecule has 13 heavy (non-hydrogen) atoms. The van der Waals surface area contributed by atoms with Crippen molar-refractivity contribution in [2.75, 3.05) is 0 Å². The molecule has 5 N–H and O–H groups in total. The van der Waals surface area contributed by atoms with Gasteiger partial charge in [-0.2, -0.15) is 0 Å². The number of carbonyl (C=O) groups is 2. The molecule has 0 aromatic rings.